The molecule has 1 aromatic carbocycles. The van der Waals surface area contributed by atoms with E-state index in [1.54, 1.807) is 14.2 Å². The van der Waals surface area contributed by atoms with Crippen molar-refractivity contribution in [2.45, 2.75) is 50.7 Å². The molecule has 8 heteroatoms. The van der Waals surface area contributed by atoms with Crippen LogP contribution in [0.3, 0.4) is 0 Å². The lowest BCUT2D eigenvalue weighted by Crippen LogP contribution is -2.49. The molecule has 164 valence electrons. The van der Waals surface area contributed by atoms with Crippen molar-refractivity contribution >= 4 is 35.6 Å². The maximum atomic E-state index is 10.3. The second-order valence-electron chi connectivity index (χ2n) is 7.75. The zero-order chi connectivity index (χ0) is 20.0. The van der Waals surface area contributed by atoms with Crippen LogP contribution in [0.2, 0.25) is 0 Å². The van der Waals surface area contributed by atoms with E-state index in [0.717, 1.165) is 74.9 Å². The average molecular weight is 518 g/mol. The maximum absolute atomic E-state index is 10.3. The predicted molar refractivity (Wildman–Crippen MR) is 128 cm³/mol. The van der Waals surface area contributed by atoms with Crippen LogP contribution < -0.4 is 25.0 Å². The number of nitrogens with zero attached hydrogens (tertiary/aromatic N) is 2. The third-order valence-corrected chi connectivity index (χ3v) is 5.70. The van der Waals surface area contributed by atoms with Gasteiger partial charge in [-0.1, -0.05) is 0 Å². The third-order valence-electron chi connectivity index (χ3n) is 5.70. The van der Waals surface area contributed by atoms with Gasteiger partial charge in [-0.05, 0) is 39.0 Å². The average Bonchev–Trinajstić information content (AvgIpc) is 2.70. The molecule has 7 nitrogen and oxygen atoms in total. The van der Waals surface area contributed by atoms with Crippen LogP contribution in [0.15, 0.2) is 23.2 Å². The molecule has 0 amide bonds. The maximum Gasteiger partial charge on any atom is 0.191 e. The lowest BCUT2D eigenvalue weighted by molar-refractivity contribution is -0.0236. The zero-order valence-corrected chi connectivity index (χ0v) is 20.1. The first-order valence-corrected chi connectivity index (χ1v) is 10.3. The van der Waals surface area contributed by atoms with Crippen LogP contribution >= 0.6 is 24.0 Å². The summed E-state index contributed by atoms with van der Waals surface area (Å²) in [5, 5.41) is 17.1. The Balaban J connectivity index is 0.00000300. The van der Waals surface area contributed by atoms with Gasteiger partial charge in [0.25, 0.3) is 0 Å². The van der Waals surface area contributed by atoms with Crippen molar-refractivity contribution in [2.24, 2.45) is 4.99 Å². The Morgan fingerprint density at radius 3 is 2.28 bits per heavy atom. The fourth-order valence-electron chi connectivity index (χ4n) is 3.74. The van der Waals surface area contributed by atoms with Crippen molar-refractivity contribution in [1.82, 2.24) is 10.6 Å². The number of hydrogen-bond acceptors (Lipinski definition) is 5. The summed E-state index contributed by atoms with van der Waals surface area (Å²) in [6.07, 6.45) is 4.86. The smallest absolute Gasteiger partial charge is 0.191 e. The molecule has 0 spiro atoms. The van der Waals surface area contributed by atoms with Crippen molar-refractivity contribution in [3.05, 3.63) is 18.2 Å². The Bertz CT molecular complexity index is 652. The number of benzene rings is 1. The Kier molecular flexibility index (Phi) is 9.13. The van der Waals surface area contributed by atoms with Gasteiger partial charge in [0.15, 0.2) is 5.96 Å². The third kappa shape index (κ3) is 6.53. The number of rotatable bonds is 7. The van der Waals surface area contributed by atoms with E-state index in [0.29, 0.717) is 12.6 Å². The molecule has 1 aliphatic heterocycles. The summed E-state index contributed by atoms with van der Waals surface area (Å²) in [5.41, 5.74) is 0.541. The van der Waals surface area contributed by atoms with Gasteiger partial charge in [-0.15, -0.1) is 24.0 Å². The molecule has 1 saturated heterocycles. The molecule has 3 rings (SSSR count). The van der Waals surface area contributed by atoms with Gasteiger partial charge in [-0.3, -0.25) is 4.99 Å². The summed E-state index contributed by atoms with van der Waals surface area (Å²) in [6, 6.07) is 6.38. The van der Waals surface area contributed by atoms with Gasteiger partial charge < -0.3 is 30.1 Å². The minimum absolute atomic E-state index is 0. The van der Waals surface area contributed by atoms with Crippen LogP contribution in [0, 0.1) is 0 Å². The van der Waals surface area contributed by atoms with Crippen LogP contribution in [-0.4, -0.2) is 63.1 Å². The fraction of sp³-hybridized carbons (Fsp3) is 0.667. The first-order valence-electron chi connectivity index (χ1n) is 10.3. The summed E-state index contributed by atoms with van der Waals surface area (Å²) < 4.78 is 10.8. The molecule has 1 aliphatic carbocycles. The number of anilines is 1. The van der Waals surface area contributed by atoms with Gasteiger partial charge in [0.1, 0.15) is 11.5 Å². The summed E-state index contributed by atoms with van der Waals surface area (Å²) >= 11 is 0. The monoisotopic (exact) mass is 518 g/mol. The van der Waals surface area contributed by atoms with Crippen LogP contribution in [0.1, 0.15) is 39.0 Å². The molecule has 3 N–H and O–H groups in total. The van der Waals surface area contributed by atoms with Gasteiger partial charge in [0, 0.05) is 49.6 Å². The first-order chi connectivity index (χ1) is 13.5. The molecule has 0 unspecified atom stereocenters. The van der Waals surface area contributed by atoms with Crippen LogP contribution in [0.4, 0.5) is 5.69 Å². The van der Waals surface area contributed by atoms with Gasteiger partial charge in [0.2, 0.25) is 0 Å². The number of ether oxygens (including phenoxy) is 2. The Labute approximate surface area is 191 Å². The molecule has 1 aromatic rings. The van der Waals surface area contributed by atoms with Crippen molar-refractivity contribution < 1.29 is 14.6 Å². The number of halogens is 1. The quantitative estimate of drug-likeness (QED) is 0.293. The SMILES string of the molecule is CCNC(=NCC1(O)CCC1)NC1CCN(c2cc(OC)cc(OC)c2)CC1.I. The van der Waals surface area contributed by atoms with Crippen molar-refractivity contribution in [3.8, 4) is 11.5 Å². The van der Waals surface area contributed by atoms with Gasteiger partial charge >= 0.3 is 0 Å². The highest BCUT2D eigenvalue weighted by Crippen LogP contribution is 2.32. The van der Waals surface area contributed by atoms with E-state index >= 15 is 0 Å². The summed E-state index contributed by atoms with van der Waals surface area (Å²) in [7, 11) is 3.35. The van der Waals surface area contributed by atoms with E-state index in [1.807, 2.05) is 6.07 Å². The summed E-state index contributed by atoms with van der Waals surface area (Å²) in [5.74, 6) is 2.43. The van der Waals surface area contributed by atoms with E-state index in [9.17, 15) is 5.11 Å². The van der Waals surface area contributed by atoms with Crippen molar-refractivity contribution in [2.75, 3.05) is 45.3 Å². The number of methoxy groups -OCH3 is 2. The van der Waals surface area contributed by atoms with Crippen LogP contribution in [-0.2, 0) is 0 Å². The van der Waals surface area contributed by atoms with Gasteiger partial charge in [-0.25, -0.2) is 0 Å². The minimum Gasteiger partial charge on any atom is -0.497 e. The highest BCUT2D eigenvalue weighted by atomic mass is 127. The molecule has 0 bridgehead atoms. The Morgan fingerprint density at radius 2 is 1.79 bits per heavy atom. The van der Waals surface area contributed by atoms with E-state index < -0.39 is 5.60 Å². The lowest BCUT2D eigenvalue weighted by Gasteiger charge is -2.36. The van der Waals surface area contributed by atoms with E-state index in [-0.39, 0.29) is 24.0 Å². The molecular weight excluding hydrogens is 483 g/mol. The molecular formula is C21H35IN4O3. The van der Waals surface area contributed by atoms with Crippen molar-refractivity contribution in [3.63, 3.8) is 0 Å². The largest absolute Gasteiger partial charge is 0.497 e. The summed E-state index contributed by atoms with van der Waals surface area (Å²) in [6.45, 7) is 5.26. The molecule has 0 radical (unpaired) electrons. The molecule has 2 fully saturated rings. The molecule has 0 aromatic heterocycles. The normalized spacial score (nSPS) is 19.0. The number of aliphatic imine (C=N–C) groups is 1. The van der Waals surface area contributed by atoms with E-state index in [1.165, 1.54) is 0 Å². The molecule has 0 atom stereocenters. The number of piperidine rings is 1. The standard InChI is InChI=1S/C21H34N4O3.HI/c1-4-22-20(23-15-21(26)8-5-9-21)24-16-6-10-25(11-7-16)17-12-18(27-2)14-19(13-17)28-3;/h12-14,16,26H,4-11,15H2,1-3H3,(H2,22,23,24);1H. The predicted octanol–water partition coefficient (Wildman–Crippen LogP) is 2.76. The van der Waals surface area contributed by atoms with E-state index in [4.69, 9.17) is 9.47 Å². The zero-order valence-electron chi connectivity index (χ0n) is 17.7. The highest BCUT2D eigenvalue weighted by molar-refractivity contribution is 14.0. The highest BCUT2D eigenvalue weighted by Gasteiger charge is 2.34. The second kappa shape index (κ2) is 11.1. The minimum atomic E-state index is -0.586. The molecule has 1 saturated carbocycles. The van der Waals surface area contributed by atoms with Gasteiger partial charge in [-0.2, -0.15) is 0 Å². The Hall–Kier alpha value is -1.42. The molecule has 29 heavy (non-hydrogen) atoms. The van der Waals surface area contributed by atoms with E-state index in [2.05, 4.69) is 39.6 Å². The number of aliphatic hydroxyl groups is 1. The Morgan fingerprint density at radius 1 is 1.17 bits per heavy atom. The summed E-state index contributed by atoms with van der Waals surface area (Å²) in [4.78, 5) is 6.99. The topological polar surface area (TPSA) is 78.4 Å². The van der Waals surface area contributed by atoms with Gasteiger partial charge in [0.05, 0.1) is 26.4 Å². The number of hydrogen-bond donors (Lipinski definition) is 3. The molecule has 2 aliphatic rings. The van der Waals surface area contributed by atoms with Crippen LogP contribution in [0.5, 0.6) is 11.5 Å². The number of guanidine groups is 1. The first kappa shape index (κ1) is 23.9. The lowest BCUT2D eigenvalue weighted by atomic mass is 9.80. The van der Waals surface area contributed by atoms with Crippen molar-refractivity contribution in [1.29, 1.82) is 0 Å². The number of nitrogens with one attached hydrogen (secondary N) is 2. The second-order valence-corrected chi connectivity index (χ2v) is 7.75. The molecule has 1 heterocycles. The van der Waals surface area contributed by atoms with Crippen LogP contribution in [0.25, 0.3) is 0 Å². The fourth-order valence-corrected chi connectivity index (χ4v) is 3.74.